The normalized spacial score (nSPS) is 11.8. The van der Waals surface area contributed by atoms with E-state index in [0.29, 0.717) is 5.69 Å². The minimum atomic E-state index is -0.520. The van der Waals surface area contributed by atoms with Gasteiger partial charge in [-0.1, -0.05) is 0 Å². The van der Waals surface area contributed by atoms with Gasteiger partial charge < -0.3 is 10.5 Å². The van der Waals surface area contributed by atoms with Crippen molar-refractivity contribution >= 4 is 38.6 Å². The third kappa shape index (κ3) is 2.51. The molecule has 2 aromatic rings. The van der Waals surface area contributed by atoms with E-state index in [2.05, 4.69) is 15.9 Å². The number of carbonyl (C=O) groups is 1. The highest BCUT2D eigenvalue weighted by molar-refractivity contribution is 9.10. The van der Waals surface area contributed by atoms with Gasteiger partial charge in [0.25, 0.3) is 0 Å². The predicted octanol–water partition coefficient (Wildman–Crippen LogP) is 3.77. The summed E-state index contributed by atoms with van der Waals surface area (Å²) in [5.41, 5.74) is 6.64. The van der Waals surface area contributed by atoms with Crippen LogP contribution in [0.2, 0.25) is 0 Å². The zero-order valence-corrected chi connectivity index (χ0v) is 12.1. The van der Waals surface area contributed by atoms with Gasteiger partial charge in [-0.25, -0.2) is 4.79 Å². The molecule has 0 unspecified atom stereocenters. The number of hydrogen-bond donors (Lipinski definition) is 1. The van der Waals surface area contributed by atoms with Crippen molar-refractivity contribution in [2.75, 3.05) is 5.73 Å². The fourth-order valence-corrected chi connectivity index (χ4v) is 2.19. The zero-order valence-electron chi connectivity index (χ0n) is 10.5. The van der Waals surface area contributed by atoms with Crippen molar-refractivity contribution in [1.82, 2.24) is 4.57 Å². The van der Waals surface area contributed by atoms with Gasteiger partial charge in [-0.3, -0.25) is 4.57 Å². The Morgan fingerprint density at radius 3 is 2.67 bits per heavy atom. The summed E-state index contributed by atoms with van der Waals surface area (Å²) in [5.74, 6) is 0. The highest BCUT2D eigenvalue weighted by Gasteiger charge is 2.20. The minimum Gasteiger partial charge on any atom is -0.443 e. The van der Waals surface area contributed by atoms with Crippen LogP contribution in [0.3, 0.4) is 0 Å². The number of anilines is 1. The van der Waals surface area contributed by atoms with Crippen molar-refractivity contribution < 1.29 is 9.53 Å². The van der Waals surface area contributed by atoms with Crippen LogP contribution in [0.4, 0.5) is 10.5 Å². The summed E-state index contributed by atoms with van der Waals surface area (Å²) in [4.78, 5) is 12.1. The molecule has 0 aliphatic heterocycles. The average molecular weight is 311 g/mol. The quantitative estimate of drug-likeness (QED) is 0.754. The molecule has 1 heterocycles. The van der Waals surface area contributed by atoms with E-state index in [9.17, 15) is 4.79 Å². The van der Waals surface area contributed by atoms with Crippen molar-refractivity contribution in [3.63, 3.8) is 0 Å². The van der Waals surface area contributed by atoms with Crippen molar-refractivity contribution in [2.45, 2.75) is 26.4 Å². The molecule has 0 aliphatic rings. The molecule has 2 N–H and O–H groups in total. The van der Waals surface area contributed by atoms with E-state index >= 15 is 0 Å². The van der Waals surface area contributed by atoms with Crippen molar-refractivity contribution in [3.05, 3.63) is 28.9 Å². The molecule has 0 radical (unpaired) electrons. The van der Waals surface area contributed by atoms with Crippen LogP contribution in [0.15, 0.2) is 28.9 Å². The van der Waals surface area contributed by atoms with E-state index in [-0.39, 0.29) is 0 Å². The van der Waals surface area contributed by atoms with E-state index in [1.165, 1.54) is 4.57 Å². The van der Waals surface area contributed by atoms with Crippen LogP contribution in [0.5, 0.6) is 0 Å². The third-order valence-electron chi connectivity index (χ3n) is 2.37. The number of aromatic nitrogens is 1. The van der Waals surface area contributed by atoms with Crippen LogP contribution in [0.25, 0.3) is 10.9 Å². The van der Waals surface area contributed by atoms with Crippen LogP contribution in [0, 0.1) is 0 Å². The largest absolute Gasteiger partial charge is 0.443 e. The van der Waals surface area contributed by atoms with E-state index in [0.717, 1.165) is 15.4 Å². The highest BCUT2D eigenvalue weighted by Crippen LogP contribution is 2.28. The Kier molecular flexibility index (Phi) is 3.11. The Morgan fingerprint density at radius 2 is 2.06 bits per heavy atom. The molecule has 5 heteroatoms. The molecule has 0 bridgehead atoms. The number of nitrogens with two attached hydrogens (primary N) is 1. The number of halogens is 1. The Morgan fingerprint density at radius 1 is 1.39 bits per heavy atom. The molecule has 0 spiro atoms. The maximum atomic E-state index is 12.1. The van der Waals surface area contributed by atoms with E-state index in [4.69, 9.17) is 10.5 Å². The summed E-state index contributed by atoms with van der Waals surface area (Å²) in [7, 11) is 0. The molecule has 0 aliphatic carbocycles. The number of carbonyl (C=O) groups excluding carboxylic acids is 1. The van der Waals surface area contributed by atoms with Gasteiger partial charge in [0.15, 0.2) is 0 Å². The molecule has 0 fully saturated rings. The number of fused-ring (bicyclic) bond motifs is 1. The van der Waals surface area contributed by atoms with Crippen LogP contribution >= 0.6 is 15.9 Å². The molecule has 4 nitrogen and oxygen atoms in total. The summed E-state index contributed by atoms with van der Waals surface area (Å²) in [5, 5.41) is 0.890. The van der Waals surface area contributed by atoms with Gasteiger partial charge in [0.1, 0.15) is 5.60 Å². The lowest BCUT2D eigenvalue weighted by atomic mass is 10.2. The predicted molar refractivity (Wildman–Crippen MR) is 75.7 cm³/mol. The highest BCUT2D eigenvalue weighted by atomic mass is 79.9. The molecule has 1 aromatic carbocycles. The van der Waals surface area contributed by atoms with Crippen LogP contribution in [0.1, 0.15) is 20.8 Å². The maximum absolute atomic E-state index is 12.1. The van der Waals surface area contributed by atoms with Gasteiger partial charge in [-0.2, -0.15) is 0 Å². The smallest absolute Gasteiger partial charge is 0.419 e. The number of nitrogen functional groups attached to an aromatic ring is 1. The van der Waals surface area contributed by atoms with E-state index < -0.39 is 11.7 Å². The fraction of sp³-hybridized carbons (Fsp3) is 0.308. The molecule has 0 saturated carbocycles. The average Bonchev–Trinajstić information content (AvgIpc) is 2.54. The Balaban J connectivity index is 2.49. The van der Waals surface area contributed by atoms with E-state index in [1.807, 2.05) is 26.8 Å². The van der Waals surface area contributed by atoms with Gasteiger partial charge in [-0.05, 0) is 54.9 Å². The molecule has 1 aromatic heterocycles. The fourth-order valence-electron chi connectivity index (χ4n) is 1.67. The number of ether oxygens (including phenoxy) is 1. The first-order valence-corrected chi connectivity index (χ1v) is 6.37. The van der Waals surface area contributed by atoms with Crippen molar-refractivity contribution in [2.24, 2.45) is 0 Å². The first-order valence-electron chi connectivity index (χ1n) is 5.57. The first kappa shape index (κ1) is 13.0. The van der Waals surface area contributed by atoms with Crippen LogP contribution < -0.4 is 5.73 Å². The summed E-state index contributed by atoms with van der Waals surface area (Å²) in [6.45, 7) is 5.51. The van der Waals surface area contributed by atoms with E-state index in [1.54, 1.807) is 18.3 Å². The SMILES string of the molecule is CC(C)(C)OC(=O)n1cc(Br)c2cc(N)ccc21. The second kappa shape index (κ2) is 4.31. The van der Waals surface area contributed by atoms with Gasteiger partial charge in [0.2, 0.25) is 0 Å². The minimum absolute atomic E-state index is 0.400. The van der Waals surface area contributed by atoms with Crippen LogP contribution in [-0.2, 0) is 4.74 Å². The summed E-state index contributed by atoms with van der Waals surface area (Å²) in [6.07, 6.45) is 1.29. The standard InChI is InChI=1S/C13H15BrN2O2/c1-13(2,3)18-12(17)16-7-10(14)9-6-8(15)4-5-11(9)16/h4-7H,15H2,1-3H3. The number of hydrogen-bond acceptors (Lipinski definition) is 3. The van der Waals surface area contributed by atoms with Gasteiger partial charge in [-0.15, -0.1) is 0 Å². The zero-order chi connectivity index (χ0) is 13.5. The van der Waals surface area contributed by atoms with Crippen molar-refractivity contribution in [3.8, 4) is 0 Å². The lowest BCUT2D eigenvalue weighted by Crippen LogP contribution is -2.26. The number of benzene rings is 1. The Labute approximate surface area is 114 Å². The molecule has 0 saturated heterocycles. The molecular weight excluding hydrogens is 296 g/mol. The molecule has 96 valence electrons. The number of rotatable bonds is 0. The third-order valence-corrected chi connectivity index (χ3v) is 3.00. The molecule has 18 heavy (non-hydrogen) atoms. The Bertz CT molecular complexity index is 611. The van der Waals surface area contributed by atoms with Gasteiger partial charge in [0, 0.05) is 21.7 Å². The second-order valence-corrected chi connectivity index (χ2v) is 5.96. The second-order valence-electron chi connectivity index (χ2n) is 5.10. The monoisotopic (exact) mass is 310 g/mol. The molecule has 0 amide bonds. The lowest BCUT2D eigenvalue weighted by molar-refractivity contribution is 0.0544. The van der Waals surface area contributed by atoms with Gasteiger partial charge in [0.05, 0.1) is 5.52 Å². The van der Waals surface area contributed by atoms with Crippen molar-refractivity contribution in [1.29, 1.82) is 0 Å². The first-order chi connectivity index (χ1) is 8.28. The van der Waals surface area contributed by atoms with Gasteiger partial charge >= 0.3 is 6.09 Å². The summed E-state index contributed by atoms with van der Waals surface area (Å²) >= 11 is 3.42. The molecule has 2 rings (SSSR count). The topological polar surface area (TPSA) is 57.2 Å². The lowest BCUT2D eigenvalue weighted by Gasteiger charge is -2.19. The maximum Gasteiger partial charge on any atom is 0.419 e. The summed E-state index contributed by atoms with van der Waals surface area (Å²) in [6, 6.07) is 5.38. The molecular formula is C13H15BrN2O2. The number of nitrogens with zero attached hydrogens (tertiary/aromatic N) is 1. The molecule has 0 atom stereocenters. The summed E-state index contributed by atoms with van der Waals surface area (Å²) < 4.78 is 7.64. The Hall–Kier alpha value is -1.49. The van der Waals surface area contributed by atoms with Crippen LogP contribution in [-0.4, -0.2) is 16.3 Å².